The van der Waals surface area contributed by atoms with Gasteiger partial charge in [-0.05, 0) is 43.0 Å². The molecule has 5 nitrogen and oxygen atoms in total. The first-order chi connectivity index (χ1) is 12.0. The fourth-order valence-corrected chi connectivity index (χ4v) is 4.54. The van der Waals surface area contributed by atoms with Crippen molar-refractivity contribution in [3.8, 4) is 0 Å². The molecule has 2 aliphatic heterocycles. The second-order valence-electron chi connectivity index (χ2n) is 6.67. The fraction of sp³-hybridized carbons (Fsp3) is 0.316. The van der Waals surface area contributed by atoms with Crippen molar-refractivity contribution in [2.75, 3.05) is 0 Å². The number of fused-ring (bicyclic) bond motifs is 2. The van der Waals surface area contributed by atoms with Crippen molar-refractivity contribution in [2.24, 2.45) is 0 Å². The molecule has 1 aromatic carbocycles. The maximum Gasteiger partial charge on any atom is 0.330 e. The Hall–Kier alpha value is -2.40. The Morgan fingerprint density at radius 1 is 1.20 bits per heavy atom. The Morgan fingerprint density at radius 2 is 1.96 bits per heavy atom. The molecule has 1 N–H and O–H groups in total. The van der Waals surface area contributed by atoms with E-state index in [0.717, 1.165) is 5.56 Å². The molecule has 1 amide bonds. The highest BCUT2D eigenvalue weighted by Crippen LogP contribution is 2.55. The molecule has 25 heavy (non-hydrogen) atoms. The summed E-state index contributed by atoms with van der Waals surface area (Å²) in [5.74, 6) is -1.44. The summed E-state index contributed by atoms with van der Waals surface area (Å²) >= 11 is 5.86. The molecule has 2 fully saturated rings. The van der Waals surface area contributed by atoms with E-state index < -0.39 is 11.5 Å². The van der Waals surface area contributed by atoms with Gasteiger partial charge in [-0.3, -0.25) is 4.79 Å². The van der Waals surface area contributed by atoms with E-state index in [-0.39, 0.29) is 17.9 Å². The number of hydrogen-bond acceptors (Lipinski definition) is 3. The fourth-order valence-electron chi connectivity index (χ4n) is 4.43. The van der Waals surface area contributed by atoms with E-state index in [2.05, 4.69) is 4.98 Å². The van der Waals surface area contributed by atoms with Gasteiger partial charge in [-0.25, -0.2) is 9.78 Å². The van der Waals surface area contributed by atoms with Crippen LogP contribution in [0.1, 0.15) is 41.1 Å². The number of aliphatic carboxylic acids is 1. The molecule has 2 aromatic rings. The minimum Gasteiger partial charge on any atom is -0.479 e. The summed E-state index contributed by atoms with van der Waals surface area (Å²) in [7, 11) is 0. The Labute approximate surface area is 150 Å². The molecule has 2 bridgehead atoms. The number of carbonyl (C=O) groups is 2. The first-order valence-electron chi connectivity index (χ1n) is 8.27. The van der Waals surface area contributed by atoms with Gasteiger partial charge < -0.3 is 10.0 Å². The molecule has 4 rings (SSSR count). The molecule has 3 atom stereocenters. The van der Waals surface area contributed by atoms with Crippen molar-refractivity contribution in [1.29, 1.82) is 0 Å². The number of amides is 1. The van der Waals surface area contributed by atoms with E-state index in [1.54, 1.807) is 41.4 Å². The Morgan fingerprint density at radius 3 is 2.60 bits per heavy atom. The lowest BCUT2D eigenvalue weighted by Gasteiger charge is -2.35. The summed E-state index contributed by atoms with van der Waals surface area (Å²) in [5, 5.41) is 10.5. The van der Waals surface area contributed by atoms with Gasteiger partial charge >= 0.3 is 5.97 Å². The topological polar surface area (TPSA) is 70.5 Å². The van der Waals surface area contributed by atoms with Gasteiger partial charge in [-0.2, -0.15) is 0 Å². The molecule has 0 aliphatic carbocycles. The average molecular weight is 357 g/mol. The molecule has 2 aliphatic rings. The Kier molecular flexibility index (Phi) is 3.76. The van der Waals surface area contributed by atoms with Crippen LogP contribution in [0.25, 0.3) is 0 Å². The number of rotatable bonds is 3. The van der Waals surface area contributed by atoms with Crippen LogP contribution in [0, 0.1) is 0 Å². The summed E-state index contributed by atoms with van der Waals surface area (Å²) in [6, 6.07) is 12.3. The number of benzene rings is 1. The summed E-state index contributed by atoms with van der Waals surface area (Å²) in [5.41, 5.74) is 0.127. The highest BCUT2D eigenvalue weighted by Gasteiger charge is 2.64. The summed E-state index contributed by atoms with van der Waals surface area (Å²) < 4.78 is 0. The number of nitrogens with zero attached hydrogens (tertiary/aromatic N) is 2. The van der Waals surface area contributed by atoms with Gasteiger partial charge in [0.2, 0.25) is 0 Å². The highest BCUT2D eigenvalue weighted by atomic mass is 35.5. The lowest BCUT2D eigenvalue weighted by Crippen LogP contribution is -2.53. The monoisotopic (exact) mass is 356 g/mol. The third-order valence-corrected chi connectivity index (χ3v) is 5.72. The van der Waals surface area contributed by atoms with Crippen LogP contribution in [-0.4, -0.2) is 38.4 Å². The maximum atomic E-state index is 13.1. The number of carbonyl (C=O) groups excluding carboxylic acids is 1. The lowest BCUT2D eigenvalue weighted by atomic mass is 9.74. The summed E-state index contributed by atoms with van der Waals surface area (Å²) in [4.78, 5) is 31.1. The summed E-state index contributed by atoms with van der Waals surface area (Å²) in [6.07, 6.45) is 3.43. The third kappa shape index (κ3) is 2.34. The Bertz CT molecular complexity index is 824. The van der Waals surface area contributed by atoms with Crippen molar-refractivity contribution in [1.82, 2.24) is 9.88 Å². The SMILES string of the molecule is O=C(c1ccccc1)N1[C@H]2CC[C@]1(C(=O)O)[C@@H](c1ccc(Cl)nc1)C2. The van der Waals surface area contributed by atoms with Gasteiger partial charge in [-0.1, -0.05) is 35.9 Å². The quantitative estimate of drug-likeness (QED) is 0.856. The van der Waals surface area contributed by atoms with Crippen LogP contribution >= 0.6 is 11.6 Å². The number of halogens is 1. The number of aromatic nitrogens is 1. The second-order valence-corrected chi connectivity index (χ2v) is 7.05. The molecular weight excluding hydrogens is 340 g/mol. The molecule has 0 saturated carbocycles. The maximum absolute atomic E-state index is 13.1. The summed E-state index contributed by atoms with van der Waals surface area (Å²) in [6.45, 7) is 0. The standard InChI is InChI=1S/C19H17ClN2O3/c20-16-7-6-13(11-21-16)15-10-14-8-9-19(15,18(24)25)22(14)17(23)12-4-2-1-3-5-12/h1-7,11,14-15H,8-10H2,(H,24,25)/t14-,15+,19+/m0/s1. The van der Waals surface area contributed by atoms with E-state index >= 15 is 0 Å². The molecule has 2 saturated heterocycles. The highest BCUT2D eigenvalue weighted by molar-refractivity contribution is 6.29. The van der Waals surface area contributed by atoms with Crippen molar-refractivity contribution < 1.29 is 14.7 Å². The van der Waals surface area contributed by atoms with Crippen molar-refractivity contribution in [3.05, 3.63) is 64.9 Å². The normalized spacial score (nSPS) is 27.5. The van der Waals surface area contributed by atoms with Gasteiger partial charge in [0.05, 0.1) is 0 Å². The van der Waals surface area contributed by atoms with Crippen molar-refractivity contribution in [2.45, 2.75) is 36.8 Å². The van der Waals surface area contributed by atoms with Crippen LogP contribution in [0.4, 0.5) is 0 Å². The molecule has 128 valence electrons. The predicted octanol–water partition coefficient (Wildman–Crippen LogP) is 3.35. The molecule has 0 unspecified atom stereocenters. The minimum absolute atomic E-state index is 0.0653. The van der Waals surface area contributed by atoms with Gasteiger partial charge in [0, 0.05) is 23.7 Å². The number of hydrogen-bond donors (Lipinski definition) is 1. The zero-order chi connectivity index (χ0) is 17.6. The molecular formula is C19H17ClN2O3. The molecule has 6 heteroatoms. The van der Waals surface area contributed by atoms with E-state index in [0.29, 0.717) is 30.0 Å². The smallest absolute Gasteiger partial charge is 0.330 e. The zero-order valence-electron chi connectivity index (χ0n) is 13.4. The van der Waals surface area contributed by atoms with E-state index in [1.807, 2.05) is 12.1 Å². The van der Waals surface area contributed by atoms with Crippen LogP contribution in [0.2, 0.25) is 5.15 Å². The van der Waals surface area contributed by atoms with Crippen LogP contribution in [-0.2, 0) is 4.79 Å². The molecule has 1 aromatic heterocycles. The van der Waals surface area contributed by atoms with Gasteiger partial charge in [-0.15, -0.1) is 0 Å². The van der Waals surface area contributed by atoms with Crippen molar-refractivity contribution in [3.63, 3.8) is 0 Å². The Balaban J connectivity index is 1.77. The van der Waals surface area contributed by atoms with Gasteiger partial charge in [0.15, 0.2) is 0 Å². The number of carboxylic acid groups (broad SMARTS) is 1. The third-order valence-electron chi connectivity index (χ3n) is 5.50. The van der Waals surface area contributed by atoms with Crippen molar-refractivity contribution >= 4 is 23.5 Å². The predicted molar refractivity (Wildman–Crippen MR) is 92.6 cm³/mol. The number of carboxylic acids is 1. The van der Waals surface area contributed by atoms with Crippen LogP contribution < -0.4 is 0 Å². The molecule has 3 heterocycles. The van der Waals surface area contributed by atoms with Crippen LogP contribution in [0.15, 0.2) is 48.7 Å². The zero-order valence-corrected chi connectivity index (χ0v) is 14.2. The second kappa shape index (κ2) is 5.85. The van der Waals surface area contributed by atoms with Crippen LogP contribution in [0.3, 0.4) is 0 Å². The lowest BCUT2D eigenvalue weighted by molar-refractivity contribution is -0.148. The first-order valence-corrected chi connectivity index (χ1v) is 8.65. The van der Waals surface area contributed by atoms with Crippen LogP contribution in [0.5, 0.6) is 0 Å². The van der Waals surface area contributed by atoms with E-state index in [4.69, 9.17) is 11.6 Å². The minimum atomic E-state index is -1.22. The number of pyridine rings is 1. The molecule has 0 spiro atoms. The molecule has 0 radical (unpaired) electrons. The van der Waals surface area contributed by atoms with E-state index in [1.165, 1.54) is 0 Å². The van der Waals surface area contributed by atoms with E-state index in [9.17, 15) is 14.7 Å². The largest absolute Gasteiger partial charge is 0.479 e. The average Bonchev–Trinajstić information content (AvgIpc) is 3.17. The van der Waals surface area contributed by atoms with Gasteiger partial charge in [0.25, 0.3) is 5.91 Å². The van der Waals surface area contributed by atoms with Gasteiger partial charge in [0.1, 0.15) is 10.7 Å². The first kappa shape index (κ1) is 16.1.